The van der Waals surface area contributed by atoms with Gasteiger partial charge in [-0.3, -0.25) is 4.79 Å². The Morgan fingerprint density at radius 3 is 2.74 bits per heavy atom. The first-order chi connectivity index (χ1) is 8.82. The number of amides is 1. The van der Waals surface area contributed by atoms with E-state index in [9.17, 15) is 9.18 Å². The first-order valence-electron chi connectivity index (χ1n) is 6.32. The van der Waals surface area contributed by atoms with Crippen LogP contribution in [0.3, 0.4) is 0 Å². The second kappa shape index (κ2) is 6.52. The van der Waals surface area contributed by atoms with Crippen molar-refractivity contribution in [2.75, 3.05) is 6.54 Å². The van der Waals surface area contributed by atoms with Crippen LogP contribution in [-0.4, -0.2) is 24.1 Å². The summed E-state index contributed by atoms with van der Waals surface area (Å²) in [4.78, 5) is 11.6. The van der Waals surface area contributed by atoms with Crippen LogP contribution in [0.2, 0.25) is 0 Å². The molecule has 0 aliphatic rings. The third-order valence-electron chi connectivity index (χ3n) is 2.63. The molecule has 1 atom stereocenters. The van der Waals surface area contributed by atoms with E-state index in [1.54, 1.807) is 26.0 Å². The zero-order valence-electron chi connectivity index (χ0n) is 11.6. The van der Waals surface area contributed by atoms with E-state index in [1.807, 2.05) is 6.92 Å². The van der Waals surface area contributed by atoms with Crippen molar-refractivity contribution in [3.8, 4) is 5.75 Å². The van der Waals surface area contributed by atoms with Crippen LogP contribution in [0.5, 0.6) is 5.75 Å². The molecule has 1 aromatic rings. The van der Waals surface area contributed by atoms with Crippen molar-refractivity contribution < 1.29 is 13.9 Å². The van der Waals surface area contributed by atoms with Crippen LogP contribution in [0.15, 0.2) is 24.3 Å². The molecule has 0 saturated carbocycles. The lowest BCUT2D eigenvalue weighted by Crippen LogP contribution is -2.51. The predicted octanol–water partition coefficient (Wildman–Crippen LogP) is 1.84. The summed E-state index contributed by atoms with van der Waals surface area (Å²) in [5.74, 6) is -0.138. The fourth-order valence-corrected chi connectivity index (χ4v) is 1.44. The average molecular weight is 268 g/mol. The number of halogens is 1. The minimum atomic E-state index is -0.919. The Morgan fingerprint density at radius 2 is 2.21 bits per heavy atom. The maximum absolute atomic E-state index is 13.0. The van der Waals surface area contributed by atoms with Crippen molar-refractivity contribution in [2.45, 2.75) is 38.8 Å². The summed E-state index contributed by atoms with van der Waals surface area (Å²) in [7, 11) is 0. The van der Waals surface area contributed by atoms with Crippen molar-refractivity contribution in [1.82, 2.24) is 5.32 Å². The van der Waals surface area contributed by atoms with E-state index in [4.69, 9.17) is 10.5 Å². The first kappa shape index (κ1) is 15.4. The van der Waals surface area contributed by atoms with Crippen LogP contribution in [-0.2, 0) is 4.79 Å². The molecule has 3 N–H and O–H groups in total. The van der Waals surface area contributed by atoms with Gasteiger partial charge in [-0.1, -0.05) is 13.0 Å². The monoisotopic (exact) mass is 268 g/mol. The summed E-state index contributed by atoms with van der Waals surface area (Å²) < 4.78 is 18.6. The zero-order chi connectivity index (χ0) is 14.5. The van der Waals surface area contributed by atoms with Crippen molar-refractivity contribution in [3.05, 3.63) is 30.1 Å². The molecule has 0 aliphatic heterocycles. The summed E-state index contributed by atoms with van der Waals surface area (Å²) >= 11 is 0. The van der Waals surface area contributed by atoms with Gasteiger partial charge in [-0.25, -0.2) is 4.39 Å². The van der Waals surface area contributed by atoms with Gasteiger partial charge >= 0.3 is 0 Å². The number of benzene rings is 1. The van der Waals surface area contributed by atoms with Gasteiger partial charge in [-0.15, -0.1) is 0 Å². The molecule has 0 fully saturated rings. The molecule has 1 aromatic carbocycles. The van der Waals surface area contributed by atoms with Gasteiger partial charge in [0.05, 0.1) is 12.1 Å². The summed E-state index contributed by atoms with van der Waals surface area (Å²) in [6.07, 6.45) is 0.482. The second-order valence-corrected chi connectivity index (χ2v) is 5.04. The van der Waals surface area contributed by atoms with Crippen molar-refractivity contribution in [1.29, 1.82) is 0 Å². The van der Waals surface area contributed by atoms with Crippen LogP contribution in [0.25, 0.3) is 0 Å². The molecule has 0 bridgehead atoms. The highest BCUT2D eigenvalue weighted by Gasteiger charge is 2.22. The highest BCUT2D eigenvalue weighted by atomic mass is 19.1. The maximum atomic E-state index is 13.0. The largest absolute Gasteiger partial charge is 0.489 e. The number of hydrogen-bond donors (Lipinski definition) is 2. The van der Waals surface area contributed by atoms with Crippen LogP contribution in [0.4, 0.5) is 4.39 Å². The minimum Gasteiger partial charge on any atom is -0.489 e. The Labute approximate surface area is 113 Å². The highest BCUT2D eigenvalue weighted by molar-refractivity contribution is 5.85. The maximum Gasteiger partial charge on any atom is 0.239 e. The van der Waals surface area contributed by atoms with Gasteiger partial charge in [0, 0.05) is 6.07 Å². The van der Waals surface area contributed by atoms with Gasteiger partial charge in [0.25, 0.3) is 0 Å². The molecule has 19 heavy (non-hydrogen) atoms. The van der Waals surface area contributed by atoms with E-state index in [2.05, 4.69) is 5.32 Å². The summed E-state index contributed by atoms with van der Waals surface area (Å²) in [6, 6.07) is 5.93. The van der Waals surface area contributed by atoms with E-state index < -0.39 is 5.54 Å². The lowest BCUT2D eigenvalue weighted by atomic mass is 10.1. The summed E-state index contributed by atoms with van der Waals surface area (Å²) in [6.45, 7) is 5.55. The van der Waals surface area contributed by atoms with Crippen LogP contribution in [0.1, 0.15) is 27.2 Å². The van der Waals surface area contributed by atoms with Gasteiger partial charge in [0.1, 0.15) is 17.7 Å². The number of nitrogens with one attached hydrogen (secondary N) is 1. The van der Waals surface area contributed by atoms with E-state index in [0.29, 0.717) is 18.7 Å². The van der Waals surface area contributed by atoms with Gasteiger partial charge in [-0.05, 0) is 32.4 Å². The molecule has 0 saturated heterocycles. The number of ether oxygens (including phenoxy) is 1. The molecule has 106 valence electrons. The standard InChI is InChI=1S/C14H21FN2O2/c1-4-11(9-17-13(18)14(2,3)16)19-12-7-5-6-10(15)8-12/h5-8,11H,4,9,16H2,1-3H3,(H,17,18). The SMILES string of the molecule is CCC(CNC(=O)C(C)(C)N)Oc1cccc(F)c1. The minimum absolute atomic E-state index is 0.215. The molecular weight excluding hydrogens is 247 g/mol. The van der Waals surface area contributed by atoms with Gasteiger partial charge in [-0.2, -0.15) is 0 Å². The van der Waals surface area contributed by atoms with Crippen molar-refractivity contribution in [3.63, 3.8) is 0 Å². The number of carbonyl (C=O) groups is 1. The zero-order valence-corrected chi connectivity index (χ0v) is 11.6. The fourth-order valence-electron chi connectivity index (χ4n) is 1.44. The molecule has 1 rings (SSSR count). The van der Waals surface area contributed by atoms with E-state index in [0.717, 1.165) is 0 Å². The summed E-state index contributed by atoms with van der Waals surface area (Å²) in [5, 5.41) is 2.73. The smallest absolute Gasteiger partial charge is 0.239 e. The lowest BCUT2D eigenvalue weighted by molar-refractivity contribution is -0.125. The summed E-state index contributed by atoms with van der Waals surface area (Å²) in [5.41, 5.74) is 4.76. The predicted molar refractivity (Wildman–Crippen MR) is 72.4 cm³/mol. The quantitative estimate of drug-likeness (QED) is 0.827. The van der Waals surface area contributed by atoms with Gasteiger partial charge in [0.15, 0.2) is 0 Å². The molecule has 1 amide bonds. The van der Waals surface area contributed by atoms with Crippen molar-refractivity contribution in [2.24, 2.45) is 5.73 Å². The Hall–Kier alpha value is -1.62. The molecule has 0 aromatic heterocycles. The molecule has 4 nitrogen and oxygen atoms in total. The number of hydrogen-bond acceptors (Lipinski definition) is 3. The third kappa shape index (κ3) is 5.26. The average Bonchev–Trinajstić information content (AvgIpc) is 2.32. The normalized spacial score (nSPS) is 12.9. The van der Waals surface area contributed by atoms with Gasteiger partial charge in [0.2, 0.25) is 5.91 Å². The first-order valence-corrected chi connectivity index (χ1v) is 6.32. The Morgan fingerprint density at radius 1 is 1.53 bits per heavy atom. The molecule has 0 spiro atoms. The second-order valence-electron chi connectivity index (χ2n) is 5.04. The van der Waals surface area contributed by atoms with E-state index in [-0.39, 0.29) is 17.8 Å². The Balaban J connectivity index is 2.53. The topological polar surface area (TPSA) is 64.4 Å². The number of carbonyl (C=O) groups excluding carboxylic acids is 1. The molecule has 0 aliphatic carbocycles. The number of rotatable bonds is 6. The molecule has 5 heteroatoms. The molecule has 0 radical (unpaired) electrons. The van der Waals surface area contributed by atoms with Crippen molar-refractivity contribution >= 4 is 5.91 Å². The van der Waals surface area contributed by atoms with Gasteiger partial charge < -0.3 is 15.8 Å². The molecular formula is C14H21FN2O2. The van der Waals surface area contributed by atoms with E-state index in [1.165, 1.54) is 12.1 Å². The third-order valence-corrected chi connectivity index (χ3v) is 2.63. The fraction of sp³-hybridized carbons (Fsp3) is 0.500. The molecule has 1 unspecified atom stereocenters. The molecule has 0 heterocycles. The van der Waals surface area contributed by atoms with Crippen LogP contribution < -0.4 is 15.8 Å². The highest BCUT2D eigenvalue weighted by Crippen LogP contribution is 2.14. The van der Waals surface area contributed by atoms with E-state index >= 15 is 0 Å². The lowest BCUT2D eigenvalue weighted by Gasteiger charge is -2.22. The van der Waals surface area contributed by atoms with Crippen LogP contribution in [0, 0.1) is 5.82 Å². The Bertz CT molecular complexity index is 430. The van der Waals surface area contributed by atoms with Crippen LogP contribution >= 0.6 is 0 Å². The number of nitrogens with two attached hydrogens (primary N) is 1. The Kier molecular flexibility index (Phi) is 5.30.